The molecule has 0 saturated heterocycles. The van der Waals surface area contributed by atoms with Gasteiger partial charge >= 0.3 is 6.61 Å². The number of rotatable bonds is 5. The Kier molecular flexibility index (Phi) is 4.18. The summed E-state index contributed by atoms with van der Waals surface area (Å²) in [4.78, 5) is 19.5. The monoisotopic (exact) mass is 317 g/mol. The number of amides is 1. The first-order valence-electron chi connectivity index (χ1n) is 6.88. The molecular formula is C16H13F2N3O2. The lowest BCUT2D eigenvalue weighted by atomic mass is 10.2. The Bertz CT molecular complexity index is 800. The lowest BCUT2D eigenvalue weighted by Gasteiger charge is -2.07. The molecule has 3 rings (SSSR count). The second-order valence-corrected chi connectivity index (χ2v) is 4.79. The van der Waals surface area contributed by atoms with Crippen LogP contribution in [-0.4, -0.2) is 22.5 Å². The highest BCUT2D eigenvalue weighted by atomic mass is 19.3. The number of H-pyrrole nitrogens is 1. The van der Waals surface area contributed by atoms with Crippen LogP contribution in [0.3, 0.4) is 0 Å². The van der Waals surface area contributed by atoms with Crippen LogP contribution in [-0.2, 0) is 6.54 Å². The molecule has 0 fully saturated rings. The van der Waals surface area contributed by atoms with Crippen LogP contribution in [0.25, 0.3) is 11.0 Å². The number of hydrogen-bond acceptors (Lipinski definition) is 3. The normalized spacial score (nSPS) is 10.9. The van der Waals surface area contributed by atoms with E-state index in [1.807, 2.05) is 24.3 Å². The topological polar surface area (TPSA) is 67.0 Å². The number of nitrogens with zero attached hydrogens (tertiary/aromatic N) is 1. The molecule has 0 aliphatic rings. The highest BCUT2D eigenvalue weighted by molar-refractivity contribution is 5.94. The molecule has 7 heteroatoms. The first-order valence-corrected chi connectivity index (χ1v) is 6.88. The van der Waals surface area contributed by atoms with E-state index in [4.69, 9.17) is 0 Å². The van der Waals surface area contributed by atoms with E-state index in [-0.39, 0.29) is 17.9 Å². The first kappa shape index (κ1) is 15.0. The summed E-state index contributed by atoms with van der Waals surface area (Å²) in [7, 11) is 0. The largest absolute Gasteiger partial charge is 0.435 e. The fourth-order valence-electron chi connectivity index (χ4n) is 2.17. The van der Waals surface area contributed by atoms with Crippen LogP contribution in [0.15, 0.2) is 48.5 Å². The number of alkyl halides is 2. The zero-order valence-corrected chi connectivity index (χ0v) is 11.9. The zero-order chi connectivity index (χ0) is 16.2. The maximum Gasteiger partial charge on any atom is 0.387 e. The van der Waals surface area contributed by atoms with Gasteiger partial charge in [0.25, 0.3) is 5.91 Å². The zero-order valence-electron chi connectivity index (χ0n) is 11.9. The standard InChI is InChI=1S/C16H13F2N3O2/c17-16(18)23-11-5-3-4-10(8-11)15(22)19-9-14-20-12-6-1-2-7-13(12)21-14/h1-8,16H,9H2,(H,19,22)(H,20,21). The van der Waals surface area contributed by atoms with E-state index in [1.54, 1.807) is 0 Å². The van der Waals surface area contributed by atoms with Crippen molar-refractivity contribution in [1.82, 2.24) is 15.3 Å². The molecule has 0 aliphatic carbocycles. The third kappa shape index (κ3) is 3.63. The molecule has 0 saturated carbocycles. The van der Waals surface area contributed by atoms with Crippen molar-refractivity contribution >= 4 is 16.9 Å². The average molecular weight is 317 g/mol. The minimum atomic E-state index is -2.93. The Hall–Kier alpha value is -2.96. The molecular weight excluding hydrogens is 304 g/mol. The van der Waals surface area contributed by atoms with Crippen LogP contribution >= 0.6 is 0 Å². The van der Waals surface area contributed by atoms with Gasteiger partial charge in [-0.2, -0.15) is 8.78 Å². The molecule has 1 aromatic heterocycles. The van der Waals surface area contributed by atoms with Crippen LogP contribution in [0.2, 0.25) is 0 Å². The number of carbonyl (C=O) groups is 1. The van der Waals surface area contributed by atoms with E-state index in [0.29, 0.717) is 5.82 Å². The van der Waals surface area contributed by atoms with Crippen molar-refractivity contribution < 1.29 is 18.3 Å². The molecule has 2 N–H and O–H groups in total. The number of ether oxygens (including phenoxy) is 1. The fraction of sp³-hybridized carbons (Fsp3) is 0.125. The number of carbonyl (C=O) groups excluding carboxylic acids is 1. The van der Waals surface area contributed by atoms with Crippen molar-refractivity contribution in [2.75, 3.05) is 0 Å². The number of hydrogen-bond donors (Lipinski definition) is 2. The molecule has 1 amide bonds. The van der Waals surface area contributed by atoms with E-state index in [2.05, 4.69) is 20.0 Å². The Morgan fingerprint density at radius 2 is 2.04 bits per heavy atom. The van der Waals surface area contributed by atoms with Crippen molar-refractivity contribution in [1.29, 1.82) is 0 Å². The van der Waals surface area contributed by atoms with Gasteiger partial charge in [0.2, 0.25) is 0 Å². The van der Waals surface area contributed by atoms with E-state index in [1.165, 1.54) is 24.3 Å². The predicted octanol–water partition coefficient (Wildman–Crippen LogP) is 3.09. The van der Waals surface area contributed by atoms with Crippen LogP contribution in [0.1, 0.15) is 16.2 Å². The number of aromatic amines is 1. The van der Waals surface area contributed by atoms with Crippen molar-refractivity contribution in [2.24, 2.45) is 0 Å². The van der Waals surface area contributed by atoms with Gasteiger partial charge in [-0.15, -0.1) is 0 Å². The van der Waals surface area contributed by atoms with Crippen molar-refractivity contribution in [3.8, 4) is 5.75 Å². The minimum Gasteiger partial charge on any atom is -0.435 e. The number of aromatic nitrogens is 2. The molecule has 3 aromatic rings. The molecule has 118 valence electrons. The SMILES string of the molecule is O=C(NCc1nc2ccccc2[nH]1)c1cccc(OC(F)F)c1. The molecule has 0 atom stereocenters. The molecule has 23 heavy (non-hydrogen) atoms. The van der Waals surface area contributed by atoms with Crippen LogP contribution < -0.4 is 10.1 Å². The number of para-hydroxylation sites is 2. The molecule has 1 heterocycles. The summed E-state index contributed by atoms with van der Waals surface area (Å²) in [5.41, 5.74) is 1.92. The molecule has 0 unspecified atom stereocenters. The molecule has 0 spiro atoms. The van der Waals surface area contributed by atoms with Gasteiger partial charge in [0.15, 0.2) is 0 Å². The molecule has 0 aliphatic heterocycles. The van der Waals surface area contributed by atoms with Crippen LogP contribution in [0.4, 0.5) is 8.78 Å². The molecule has 0 radical (unpaired) electrons. The highest BCUT2D eigenvalue weighted by Gasteiger charge is 2.10. The summed E-state index contributed by atoms with van der Waals surface area (Å²) in [6, 6.07) is 13.1. The number of benzene rings is 2. The Morgan fingerprint density at radius 1 is 1.22 bits per heavy atom. The van der Waals surface area contributed by atoms with Crippen LogP contribution in [0, 0.1) is 0 Å². The average Bonchev–Trinajstić information content (AvgIpc) is 2.95. The van der Waals surface area contributed by atoms with Gasteiger partial charge < -0.3 is 15.0 Å². The van der Waals surface area contributed by atoms with Gasteiger partial charge in [0, 0.05) is 5.56 Å². The van der Waals surface area contributed by atoms with Crippen LogP contribution in [0.5, 0.6) is 5.75 Å². The summed E-state index contributed by atoms with van der Waals surface area (Å²) in [6.45, 7) is -2.73. The lowest BCUT2D eigenvalue weighted by molar-refractivity contribution is -0.0498. The maximum absolute atomic E-state index is 12.2. The number of imidazole rings is 1. The Labute approximate surface area is 130 Å². The van der Waals surface area contributed by atoms with E-state index >= 15 is 0 Å². The summed E-state index contributed by atoms with van der Waals surface area (Å²) < 4.78 is 28.7. The molecule has 5 nitrogen and oxygen atoms in total. The van der Waals surface area contributed by atoms with Gasteiger partial charge in [0.05, 0.1) is 17.6 Å². The fourth-order valence-corrected chi connectivity index (χ4v) is 2.17. The summed E-state index contributed by atoms with van der Waals surface area (Å²) >= 11 is 0. The lowest BCUT2D eigenvalue weighted by Crippen LogP contribution is -2.23. The smallest absolute Gasteiger partial charge is 0.387 e. The highest BCUT2D eigenvalue weighted by Crippen LogP contribution is 2.16. The second kappa shape index (κ2) is 6.43. The number of halogens is 2. The maximum atomic E-state index is 12.2. The Morgan fingerprint density at radius 3 is 2.83 bits per heavy atom. The van der Waals surface area contributed by atoms with E-state index in [0.717, 1.165) is 11.0 Å². The van der Waals surface area contributed by atoms with E-state index in [9.17, 15) is 13.6 Å². The van der Waals surface area contributed by atoms with Gasteiger partial charge in [0.1, 0.15) is 11.6 Å². The molecule has 0 bridgehead atoms. The summed E-state index contributed by atoms with van der Waals surface area (Å²) in [5, 5.41) is 2.68. The van der Waals surface area contributed by atoms with E-state index < -0.39 is 12.5 Å². The minimum absolute atomic E-state index is 0.0589. The predicted molar refractivity (Wildman–Crippen MR) is 80.3 cm³/mol. The quantitative estimate of drug-likeness (QED) is 0.760. The van der Waals surface area contributed by atoms with Gasteiger partial charge in [-0.25, -0.2) is 4.98 Å². The first-order chi connectivity index (χ1) is 11.1. The van der Waals surface area contributed by atoms with Gasteiger partial charge in [-0.05, 0) is 30.3 Å². The Balaban J connectivity index is 1.67. The van der Waals surface area contributed by atoms with Crippen molar-refractivity contribution in [3.05, 3.63) is 59.9 Å². The number of nitrogens with one attached hydrogen (secondary N) is 2. The van der Waals surface area contributed by atoms with Crippen molar-refractivity contribution in [2.45, 2.75) is 13.2 Å². The molecule has 2 aromatic carbocycles. The summed E-state index contributed by atoms with van der Waals surface area (Å²) in [5.74, 6) is 0.154. The number of fused-ring (bicyclic) bond motifs is 1. The van der Waals surface area contributed by atoms with Gasteiger partial charge in [-0.3, -0.25) is 4.79 Å². The summed E-state index contributed by atoms with van der Waals surface area (Å²) in [6.07, 6.45) is 0. The third-order valence-corrected chi connectivity index (χ3v) is 3.18. The van der Waals surface area contributed by atoms with Gasteiger partial charge in [-0.1, -0.05) is 18.2 Å². The second-order valence-electron chi connectivity index (χ2n) is 4.79. The van der Waals surface area contributed by atoms with Crippen molar-refractivity contribution in [3.63, 3.8) is 0 Å². The third-order valence-electron chi connectivity index (χ3n) is 3.18.